The molecule has 0 unspecified atom stereocenters. The Bertz CT molecular complexity index is 654. The van der Waals surface area contributed by atoms with Gasteiger partial charge in [-0.15, -0.1) is 24.2 Å². The number of hydrogen-bond acceptors (Lipinski definition) is 5. The van der Waals surface area contributed by atoms with Crippen LogP contribution in [0.4, 0.5) is 0 Å². The molecule has 25 heavy (non-hydrogen) atoms. The summed E-state index contributed by atoms with van der Waals surface area (Å²) in [4.78, 5) is 0. The summed E-state index contributed by atoms with van der Waals surface area (Å²) in [5.74, 6) is 0. The van der Waals surface area contributed by atoms with Gasteiger partial charge in [-0.1, -0.05) is 12.1 Å². The number of rotatable bonds is 4. The quantitative estimate of drug-likeness (QED) is 0.784. The lowest BCUT2D eigenvalue weighted by Gasteiger charge is -2.41. The summed E-state index contributed by atoms with van der Waals surface area (Å²) < 4.78 is 10.5. The molecule has 3 fully saturated rings. The topological polar surface area (TPSA) is 40.4 Å². The normalized spacial score (nSPS) is 24.0. The first kappa shape index (κ1) is 16.1. The Morgan fingerprint density at radius 2 is 0.960 bits per heavy atom. The number of benzene rings is 1. The number of hydrogen-bond donors (Lipinski definition) is 0. The van der Waals surface area contributed by atoms with Gasteiger partial charge in [0.05, 0.1) is 0 Å². The average Bonchev–Trinajstić information content (AvgIpc) is 3.42. The fraction of sp³-hybridized carbons (Fsp3) is 0.667. The maximum Gasteiger partial charge on any atom is 0.375 e. The van der Waals surface area contributed by atoms with Gasteiger partial charge in [-0.05, 0) is 50.7 Å². The summed E-state index contributed by atoms with van der Waals surface area (Å²) in [5, 5.41) is 10.1. The molecule has 0 radical (unpaired) electrons. The molecular weight excluding hydrogens is 331 g/mol. The SMILES string of the molecule is c1ccc2nn([P+](N3CCCC3)(N3CCCC3)N3CCCC3)nc2c1. The third kappa shape index (κ3) is 2.54. The molecule has 0 N–H and O–H groups in total. The summed E-state index contributed by atoms with van der Waals surface area (Å²) >= 11 is 0. The lowest BCUT2D eigenvalue weighted by atomic mass is 10.3. The van der Waals surface area contributed by atoms with Crippen molar-refractivity contribution in [2.75, 3.05) is 39.3 Å². The highest BCUT2D eigenvalue weighted by molar-refractivity contribution is 7.67. The molecule has 4 heterocycles. The van der Waals surface area contributed by atoms with Crippen molar-refractivity contribution in [1.82, 2.24) is 28.8 Å². The van der Waals surface area contributed by atoms with Crippen LogP contribution in [0.2, 0.25) is 0 Å². The Kier molecular flexibility index (Phi) is 4.25. The van der Waals surface area contributed by atoms with Crippen LogP contribution in [0, 0.1) is 0 Å². The van der Waals surface area contributed by atoms with Gasteiger partial charge in [0.15, 0.2) is 0 Å². The second-order valence-electron chi connectivity index (χ2n) is 7.48. The van der Waals surface area contributed by atoms with Crippen molar-refractivity contribution >= 4 is 18.9 Å². The summed E-state index contributed by atoms with van der Waals surface area (Å²) in [6, 6.07) is 8.35. The molecule has 0 bridgehead atoms. The molecule has 0 amide bonds. The lowest BCUT2D eigenvalue weighted by molar-refractivity contribution is 0.350. The summed E-state index contributed by atoms with van der Waals surface area (Å²) in [7, 11) is -1.87. The summed E-state index contributed by atoms with van der Waals surface area (Å²) in [6.07, 6.45) is 7.86. The van der Waals surface area contributed by atoms with Crippen molar-refractivity contribution in [1.29, 1.82) is 0 Å². The van der Waals surface area contributed by atoms with E-state index in [9.17, 15) is 0 Å². The van der Waals surface area contributed by atoms with Gasteiger partial charge in [-0.2, -0.15) is 0 Å². The molecule has 3 saturated heterocycles. The first-order valence-corrected chi connectivity index (χ1v) is 11.5. The molecule has 5 rings (SSSR count). The number of nitrogens with zero attached hydrogens (tertiary/aromatic N) is 6. The predicted molar refractivity (Wildman–Crippen MR) is 102 cm³/mol. The standard InChI is InChI=1S/C18H28N6P/c1-2-10-18-17(9-1)19-24(20-18)25(21-11-3-4-12-21,22-13-5-6-14-22)23-15-7-8-16-23/h1-2,9-10H,3-8,11-16H2/q+1. The Morgan fingerprint density at radius 3 is 1.32 bits per heavy atom. The van der Waals surface area contributed by atoms with E-state index >= 15 is 0 Å². The molecule has 6 nitrogen and oxygen atoms in total. The molecule has 7 heteroatoms. The van der Waals surface area contributed by atoms with Crippen molar-refractivity contribution in [2.24, 2.45) is 0 Å². The molecule has 0 saturated carbocycles. The van der Waals surface area contributed by atoms with E-state index < -0.39 is 7.87 Å². The van der Waals surface area contributed by atoms with Crippen LogP contribution >= 0.6 is 7.87 Å². The lowest BCUT2D eigenvalue weighted by Crippen LogP contribution is -2.46. The van der Waals surface area contributed by atoms with Gasteiger partial charge in [0.1, 0.15) is 11.0 Å². The molecule has 0 atom stereocenters. The smallest absolute Gasteiger partial charge is 0.126 e. The fourth-order valence-electron chi connectivity index (χ4n) is 4.75. The van der Waals surface area contributed by atoms with Gasteiger partial charge < -0.3 is 0 Å². The third-order valence-electron chi connectivity index (χ3n) is 5.90. The van der Waals surface area contributed by atoms with Gasteiger partial charge in [0, 0.05) is 43.8 Å². The zero-order valence-corrected chi connectivity index (χ0v) is 15.8. The van der Waals surface area contributed by atoms with Crippen LogP contribution in [0.3, 0.4) is 0 Å². The highest BCUT2D eigenvalue weighted by atomic mass is 31.2. The molecule has 2 aromatic rings. The van der Waals surface area contributed by atoms with Crippen molar-refractivity contribution < 1.29 is 0 Å². The highest BCUT2D eigenvalue weighted by Crippen LogP contribution is 2.70. The molecule has 3 aliphatic rings. The largest absolute Gasteiger partial charge is 0.375 e. The Labute approximate surface area is 150 Å². The average molecular weight is 359 g/mol. The van der Waals surface area contributed by atoms with Crippen molar-refractivity contribution in [3.05, 3.63) is 24.3 Å². The van der Waals surface area contributed by atoms with Crippen molar-refractivity contribution in [3.8, 4) is 0 Å². The van der Waals surface area contributed by atoms with E-state index in [1.165, 1.54) is 77.8 Å². The zero-order valence-electron chi connectivity index (χ0n) is 14.9. The number of aromatic nitrogens is 3. The van der Waals surface area contributed by atoms with Crippen LogP contribution in [-0.4, -0.2) is 68.0 Å². The maximum absolute atomic E-state index is 5.05. The van der Waals surface area contributed by atoms with E-state index in [-0.39, 0.29) is 0 Å². The van der Waals surface area contributed by atoms with Gasteiger partial charge in [-0.3, -0.25) is 0 Å². The Morgan fingerprint density at radius 1 is 0.600 bits per heavy atom. The second-order valence-corrected chi connectivity index (χ2v) is 10.6. The van der Waals surface area contributed by atoms with Gasteiger partial charge in [-0.25, -0.2) is 0 Å². The van der Waals surface area contributed by atoms with Crippen LogP contribution in [0.25, 0.3) is 11.0 Å². The highest BCUT2D eigenvalue weighted by Gasteiger charge is 2.62. The molecule has 1 aromatic carbocycles. The third-order valence-corrected chi connectivity index (χ3v) is 10.0. The molecule has 3 aliphatic heterocycles. The first-order chi connectivity index (χ1) is 12.4. The van der Waals surface area contributed by atoms with Gasteiger partial charge in [0.2, 0.25) is 0 Å². The zero-order chi connectivity index (χ0) is 16.7. The van der Waals surface area contributed by atoms with E-state index in [2.05, 4.69) is 42.8 Å². The van der Waals surface area contributed by atoms with Crippen molar-refractivity contribution in [3.63, 3.8) is 0 Å². The summed E-state index contributed by atoms with van der Waals surface area (Å²) in [6.45, 7) is 7.16. The Hall–Kier alpha value is -1.07. The predicted octanol–water partition coefficient (Wildman–Crippen LogP) is 3.24. The fourth-order valence-corrected chi connectivity index (χ4v) is 9.39. The van der Waals surface area contributed by atoms with E-state index in [1.807, 2.05) is 0 Å². The van der Waals surface area contributed by atoms with Crippen LogP contribution in [0.15, 0.2) is 24.3 Å². The van der Waals surface area contributed by atoms with E-state index in [0.717, 1.165) is 11.0 Å². The first-order valence-electron chi connectivity index (χ1n) is 9.87. The second kappa shape index (κ2) is 6.58. The van der Waals surface area contributed by atoms with Gasteiger partial charge in [0.25, 0.3) is 0 Å². The minimum Gasteiger partial charge on any atom is -0.126 e. The van der Waals surface area contributed by atoms with E-state index in [1.54, 1.807) is 0 Å². The van der Waals surface area contributed by atoms with Crippen LogP contribution in [-0.2, 0) is 0 Å². The van der Waals surface area contributed by atoms with Crippen LogP contribution in [0.1, 0.15) is 38.5 Å². The van der Waals surface area contributed by atoms with Crippen LogP contribution in [0.5, 0.6) is 0 Å². The van der Waals surface area contributed by atoms with E-state index in [0.29, 0.717) is 0 Å². The minimum absolute atomic E-state index is 1.03. The van der Waals surface area contributed by atoms with Crippen LogP contribution < -0.4 is 0 Å². The molecular formula is C18H28N6P+. The Balaban J connectivity index is 1.69. The molecule has 1 aromatic heterocycles. The van der Waals surface area contributed by atoms with Gasteiger partial charge >= 0.3 is 7.87 Å². The molecule has 134 valence electrons. The molecule has 0 aliphatic carbocycles. The maximum atomic E-state index is 5.05. The number of fused-ring (bicyclic) bond motifs is 1. The minimum atomic E-state index is -1.87. The summed E-state index contributed by atoms with van der Waals surface area (Å²) in [5.41, 5.74) is 2.06. The molecule has 0 spiro atoms. The van der Waals surface area contributed by atoms with E-state index in [4.69, 9.17) is 10.2 Å². The monoisotopic (exact) mass is 359 g/mol. The van der Waals surface area contributed by atoms with Crippen molar-refractivity contribution in [2.45, 2.75) is 38.5 Å².